The van der Waals surface area contributed by atoms with Crippen LogP contribution in [0, 0.1) is 6.92 Å². The first kappa shape index (κ1) is 20.5. The van der Waals surface area contributed by atoms with Gasteiger partial charge in [0.2, 0.25) is 5.91 Å². The molecule has 144 valence electrons. The summed E-state index contributed by atoms with van der Waals surface area (Å²) in [6.45, 7) is 3.16. The fourth-order valence-corrected chi connectivity index (χ4v) is 2.75. The smallest absolute Gasteiger partial charge is 0.316 e. The van der Waals surface area contributed by atoms with Crippen LogP contribution in [0.25, 0.3) is 0 Å². The van der Waals surface area contributed by atoms with Gasteiger partial charge in [-0.2, -0.15) is 0 Å². The Morgan fingerprint density at radius 2 is 2.00 bits per heavy atom. The molecule has 0 aliphatic heterocycles. The van der Waals surface area contributed by atoms with Crippen molar-refractivity contribution in [1.29, 1.82) is 0 Å². The number of Topliss-reactive ketones (excluding diaryl/α,β-unsaturated/α-hetero) is 1. The number of methoxy groups -OCH3 is 1. The molecule has 0 saturated heterocycles. The summed E-state index contributed by atoms with van der Waals surface area (Å²) >= 11 is 1.12. The lowest BCUT2D eigenvalue weighted by Crippen LogP contribution is -2.16. The van der Waals surface area contributed by atoms with Crippen molar-refractivity contribution < 1.29 is 28.4 Å². The summed E-state index contributed by atoms with van der Waals surface area (Å²) in [5.41, 5.74) is 1.11. The number of thioether (sulfide) groups is 1. The number of rotatable bonds is 9. The lowest BCUT2D eigenvalue weighted by Gasteiger charge is -2.10. The van der Waals surface area contributed by atoms with Gasteiger partial charge in [0.1, 0.15) is 18.1 Å². The molecule has 0 atom stereocenters. The van der Waals surface area contributed by atoms with Gasteiger partial charge in [0.25, 0.3) is 0 Å². The molecule has 0 unspecified atom stereocenters. The Morgan fingerprint density at radius 3 is 2.63 bits per heavy atom. The molecule has 0 bridgehead atoms. The number of esters is 1. The van der Waals surface area contributed by atoms with E-state index in [2.05, 4.69) is 10.5 Å². The summed E-state index contributed by atoms with van der Waals surface area (Å²) < 4.78 is 15.3. The number of hydrogen-bond donors (Lipinski definition) is 1. The second-order valence-electron chi connectivity index (χ2n) is 5.61. The zero-order valence-electron chi connectivity index (χ0n) is 15.2. The van der Waals surface area contributed by atoms with Gasteiger partial charge in [-0.05, 0) is 32.0 Å². The first-order valence-electron chi connectivity index (χ1n) is 8.03. The maximum Gasteiger partial charge on any atom is 0.316 e. The molecule has 2 aromatic rings. The molecule has 1 aromatic heterocycles. The quantitative estimate of drug-likeness (QED) is 0.512. The third kappa shape index (κ3) is 6.45. The SMILES string of the molecule is COc1ccc(C(C)=O)cc1COC(=O)CSCC(=O)Nc1cc(C)on1. The van der Waals surface area contributed by atoms with Crippen LogP contribution in [0.2, 0.25) is 0 Å². The van der Waals surface area contributed by atoms with Crippen LogP contribution in [-0.2, 0) is 20.9 Å². The molecule has 0 aliphatic rings. The number of ether oxygens (including phenoxy) is 2. The number of hydrogen-bond acceptors (Lipinski definition) is 8. The van der Waals surface area contributed by atoms with E-state index < -0.39 is 5.97 Å². The lowest BCUT2D eigenvalue weighted by atomic mass is 10.1. The molecule has 2 rings (SSSR count). The van der Waals surface area contributed by atoms with Crippen LogP contribution < -0.4 is 10.1 Å². The molecule has 1 amide bonds. The number of anilines is 1. The van der Waals surface area contributed by atoms with Gasteiger partial charge < -0.3 is 19.3 Å². The van der Waals surface area contributed by atoms with Crippen LogP contribution in [-0.4, -0.2) is 41.4 Å². The first-order valence-corrected chi connectivity index (χ1v) is 9.19. The second-order valence-corrected chi connectivity index (χ2v) is 6.59. The van der Waals surface area contributed by atoms with E-state index in [1.54, 1.807) is 31.2 Å². The first-order chi connectivity index (χ1) is 12.9. The maximum atomic E-state index is 11.9. The van der Waals surface area contributed by atoms with E-state index in [0.717, 1.165) is 11.8 Å². The standard InChI is InChI=1S/C18H20N2O6S/c1-11-6-16(20-26-11)19-17(22)9-27-10-18(23)25-8-14-7-13(12(2)21)4-5-15(14)24-3/h4-7H,8-10H2,1-3H3,(H,19,20,22). The van der Waals surface area contributed by atoms with Crippen LogP contribution in [0.3, 0.4) is 0 Å². The molecule has 8 nitrogen and oxygen atoms in total. The van der Waals surface area contributed by atoms with E-state index in [9.17, 15) is 14.4 Å². The summed E-state index contributed by atoms with van der Waals surface area (Å²) in [5, 5.41) is 6.22. The topological polar surface area (TPSA) is 108 Å². The van der Waals surface area contributed by atoms with Gasteiger partial charge in [0.15, 0.2) is 11.6 Å². The fourth-order valence-electron chi connectivity index (χ4n) is 2.14. The summed E-state index contributed by atoms with van der Waals surface area (Å²) in [7, 11) is 1.50. The van der Waals surface area contributed by atoms with Gasteiger partial charge in [0, 0.05) is 17.2 Å². The Bertz CT molecular complexity index is 833. The highest BCUT2D eigenvalue weighted by molar-refractivity contribution is 8.00. The van der Waals surface area contributed by atoms with Crippen molar-refractivity contribution >= 4 is 35.2 Å². The molecule has 0 aliphatic carbocycles. The minimum absolute atomic E-state index is 0.0139. The van der Waals surface area contributed by atoms with Crippen LogP contribution in [0.15, 0.2) is 28.8 Å². The number of amides is 1. The van der Waals surface area contributed by atoms with Crippen molar-refractivity contribution in [3.05, 3.63) is 41.2 Å². The number of nitrogens with zero attached hydrogens (tertiary/aromatic N) is 1. The Kier molecular flexibility index (Phi) is 7.42. The number of aromatic nitrogens is 1. The normalized spacial score (nSPS) is 10.3. The molecule has 9 heteroatoms. The average molecular weight is 392 g/mol. The number of nitrogens with one attached hydrogen (secondary N) is 1. The average Bonchev–Trinajstić information content (AvgIpc) is 3.04. The largest absolute Gasteiger partial charge is 0.496 e. The van der Waals surface area contributed by atoms with Crippen molar-refractivity contribution in [3.8, 4) is 5.75 Å². The van der Waals surface area contributed by atoms with Gasteiger partial charge in [-0.1, -0.05) is 5.16 Å². The van der Waals surface area contributed by atoms with Crippen molar-refractivity contribution in [2.24, 2.45) is 0 Å². The molecular formula is C18H20N2O6S. The van der Waals surface area contributed by atoms with Crippen molar-refractivity contribution in [2.75, 3.05) is 23.9 Å². The summed E-state index contributed by atoms with van der Waals surface area (Å²) in [6.07, 6.45) is 0. The highest BCUT2D eigenvalue weighted by atomic mass is 32.2. The summed E-state index contributed by atoms with van der Waals surface area (Å²) in [5.74, 6) is 0.683. The minimum Gasteiger partial charge on any atom is -0.496 e. The van der Waals surface area contributed by atoms with E-state index >= 15 is 0 Å². The fraction of sp³-hybridized carbons (Fsp3) is 0.333. The number of ketones is 1. The summed E-state index contributed by atoms with van der Waals surface area (Å²) in [4.78, 5) is 35.1. The molecule has 0 fully saturated rings. The second kappa shape index (κ2) is 9.77. The monoisotopic (exact) mass is 392 g/mol. The molecule has 1 heterocycles. The van der Waals surface area contributed by atoms with Crippen LogP contribution in [0.1, 0.15) is 28.6 Å². The lowest BCUT2D eigenvalue weighted by molar-refractivity contribution is -0.141. The highest BCUT2D eigenvalue weighted by Gasteiger charge is 2.12. The Morgan fingerprint density at radius 1 is 1.22 bits per heavy atom. The number of aryl methyl sites for hydroxylation is 1. The third-order valence-corrected chi connectivity index (χ3v) is 4.33. The van der Waals surface area contributed by atoms with Crippen LogP contribution in [0.4, 0.5) is 5.82 Å². The predicted molar refractivity (Wildman–Crippen MR) is 100.0 cm³/mol. The molecule has 27 heavy (non-hydrogen) atoms. The van der Waals surface area contributed by atoms with E-state index in [4.69, 9.17) is 14.0 Å². The Labute approximate surface area is 160 Å². The molecule has 1 aromatic carbocycles. The van der Waals surface area contributed by atoms with E-state index in [1.165, 1.54) is 14.0 Å². The van der Waals surface area contributed by atoms with Gasteiger partial charge >= 0.3 is 5.97 Å². The van der Waals surface area contributed by atoms with Crippen molar-refractivity contribution in [2.45, 2.75) is 20.5 Å². The zero-order valence-corrected chi connectivity index (χ0v) is 16.1. The molecule has 0 spiro atoms. The maximum absolute atomic E-state index is 11.9. The van der Waals surface area contributed by atoms with E-state index in [-0.39, 0.29) is 29.8 Å². The highest BCUT2D eigenvalue weighted by Crippen LogP contribution is 2.21. The number of carbonyl (C=O) groups excluding carboxylic acids is 3. The van der Waals surface area contributed by atoms with Crippen molar-refractivity contribution in [1.82, 2.24) is 5.16 Å². The van der Waals surface area contributed by atoms with Crippen LogP contribution in [0.5, 0.6) is 5.75 Å². The molecule has 1 N–H and O–H groups in total. The number of carbonyl (C=O) groups is 3. The Balaban J connectivity index is 1.76. The zero-order chi connectivity index (χ0) is 19.8. The molecule has 0 radical (unpaired) electrons. The Hall–Kier alpha value is -2.81. The van der Waals surface area contributed by atoms with E-state index in [0.29, 0.717) is 28.5 Å². The molecule has 0 saturated carbocycles. The van der Waals surface area contributed by atoms with Crippen molar-refractivity contribution in [3.63, 3.8) is 0 Å². The summed E-state index contributed by atoms with van der Waals surface area (Å²) in [6, 6.07) is 6.54. The van der Waals surface area contributed by atoms with Gasteiger partial charge in [-0.15, -0.1) is 11.8 Å². The molecular weight excluding hydrogens is 372 g/mol. The van der Waals surface area contributed by atoms with E-state index in [1.807, 2.05) is 0 Å². The number of benzene rings is 1. The van der Waals surface area contributed by atoms with Gasteiger partial charge in [-0.3, -0.25) is 14.4 Å². The predicted octanol–water partition coefficient (Wildman–Crippen LogP) is 2.61. The third-order valence-electron chi connectivity index (χ3n) is 3.42. The van der Waals surface area contributed by atoms with Crippen LogP contribution >= 0.6 is 11.8 Å². The van der Waals surface area contributed by atoms with Gasteiger partial charge in [-0.25, -0.2) is 0 Å². The minimum atomic E-state index is -0.472. The van der Waals surface area contributed by atoms with Gasteiger partial charge in [0.05, 0.1) is 18.6 Å².